The Morgan fingerprint density at radius 1 is 1.31 bits per heavy atom. The maximum absolute atomic E-state index is 10.7. The van der Waals surface area contributed by atoms with Gasteiger partial charge in [0, 0.05) is 22.2 Å². The van der Waals surface area contributed by atoms with Crippen molar-refractivity contribution in [2.24, 2.45) is 0 Å². The molecule has 2 rings (SSSR count). The zero-order chi connectivity index (χ0) is 11.7. The summed E-state index contributed by atoms with van der Waals surface area (Å²) in [5.41, 5.74) is 0.443. The molecule has 0 spiro atoms. The second-order valence-corrected chi connectivity index (χ2v) is 4.45. The van der Waals surface area contributed by atoms with Crippen molar-refractivity contribution in [3.05, 3.63) is 37.5 Å². The SMILES string of the molecule is O=[N+]([O-])c1cc(Br)cc(-c2nc(Br)no2)c1. The molecule has 6 nitrogen and oxygen atoms in total. The van der Waals surface area contributed by atoms with E-state index >= 15 is 0 Å². The molecule has 1 aromatic carbocycles. The molecule has 0 saturated carbocycles. The van der Waals surface area contributed by atoms with Gasteiger partial charge in [0.15, 0.2) is 0 Å². The average molecular weight is 349 g/mol. The molecular formula is C8H3Br2N3O3. The smallest absolute Gasteiger partial charge is 0.271 e. The molecule has 82 valence electrons. The summed E-state index contributed by atoms with van der Waals surface area (Å²) in [7, 11) is 0. The van der Waals surface area contributed by atoms with Gasteiger partial charge < -0.3 is 4.52 Å². The molecule has 2 aromatic rings. The van der Waals surface area contributed by atoms with Gasteiger partial charge in [-0.3, -0.25) is 10.1 Å². The minimum absolute atomic E-state index is 0.0429. The van der Waals surface area contributed by atoms with E-state index in [-0.39, 0.29) is 11.6 Å². The summed E-state index contributed by atoms with van der Waals surface area (Å²) in [6.07, 6.45) is 0. The lowest BCUT2D eigenvalue weighted by molar-refractivity contribution is -0.384. The number of rotatable bonds is 2. The third-order valence-electron chi connectivity index (χ3n) is 1.74. The van der Waals surface area contributed by atoms with Crippen LogP contribution in [0, 0.1) is 10.1 Å². The van der Waals surface area contributed by atoms with E-state index in [1.807, 2.05) is 0 Å². The molecule has 0 unspecified atom stereocenters. The van der Waals surface area contributed by atoms with E-state index in [9.17, 15) is 10.1 Å². The van der Waals surface area contributed by atoms with Gasteiger partial charge in [-0.2, -0.15) is 4.98 Å². The molecule has 1 aromatic heterocycles. The molecule has 0 amide bonds. The number of hydrogen-bond donors (Lipinski definition) is 0. The summed E-state index contributed by atoms with van der Waals surface area (Å²) < 4.78 is 5.76. The van der Waals surface area contributed by atoms with Crippen LogP contribution in [0.4, 0.5) is 5.69 Å². The monoisotopic (exact) mass is 347 g/mol. The maximum atomic E-state index is 10.7. The van der Waals surface area contributed by atoms with E-state index in [4.69, 9.17) is 4.52 Å². The Morgan fingerprint density at radius 3 is 2.62 bits per heavy atom. The maximum Gasteiger partial charge on any atom is 0.271 e. The molecule has 0 aliphatic heterocycles. The number of nitro benzene ring substituents is 1. The number of nitrogens with zero attached hydrogens (tertiary/aromatic N) is 3. The highest BCUT2D eigenvalue weighted by atomic mass is 79.9. The van der Waals surface area contributed by atoms with Gasteiger partial charge in [0.2, 0.25) is 4.73 Å². The number of benzene rings is 1. The highest BCUT2D eigenvalue weighted by Gasteiger charge is 2.13. The second kappa shape index (κ2) is 4.30. The summed E-state index contributed by atoms with van der Waals surface area (Å²) in [4.78, 5) is 14.1. The number of aromatic nitrogens is 2. The molecule has 16 heavy (non-hydrogen) atoms. The van der Waals surface area contributed by atoms with Crippen molar-refractivity contribution in [1.82, 2.24) is 10.1 Å². The van der Waals surface area contributed by atoms with Crippen molar-refractivity contribution in [2.45, 2.75) is 0 Å². The normalized spacial score (nSPS) is 10.4. The highest BCUT2D eigenvalue weighted by molar-refractivity contribution is 9.10. The minimum Gasteiger partial charge on any atom is -0.333 e. The van der Waals surface area contributed by atoms with Gasteiger partial charge in [0.1, 0.15) is 0 Å². The van der Waals surface area contributed by atoms with E-state index < -0.39 is 4.92 Å². The average Bonchev–Trinajstić information content (AvgIpc) is 2.64. The topological polar surface area (TPSA) is 82.1 Å². The van der Waals surface area contributed by atoms with Gasteiger partial charge in [-0.25, -0.2) is 0 Å². The van der Waals surface area contributed by atoms with Crippen LogP contribution in [-0.2, 0) is 0 Å². The molecule has 0 fully saturated rings. The lowest BCUT2D eigenvalue weighted by atomic mass is 10.2. The fraction of sp³-hybridized carbons (Fsp3) is 0. The lowest BCUT2D eigenvalue weighted by Crippen LogP contribution is -1.89. The second-order valence-electron chi connectivity index (χ2n) is 2.82. The Bertz CT molecular complexity index is 555. The van der Waals surface area contributed by atoms with Crippen molar-refractivity contribution in [1.29, 1.82) is 0 Å². The van der Waals surface area contributed by atoms with Gasteiger partial charge in [0.05, 0.1) is 4.92 Å². The van der Waals surface area contributed by atoms with Crippen LogP contribution in [0.3, 0.4) is 0 Å². The molecule has 0 atom stereocenters. The largest absolute Gasteiger partial charge is 0.333 e. The first-order valence-electron chi connectivity index (χ1n) is 4.01. The van der Waals surface area contributed by atoms with Crippen molar-refractivity contribution in [3.63, 3.8) is 0 Å². The van der Waals surface area contributed by atoms with Gasteiger partial charge in [-0.1, -0.05) is 15.9 Å². The zero-order valence-corrected chi connectivity index (χ0v) is 10.7. The molecule has 0 radical (unpaired) electrons. The summed E-state index contributed by atoms with van der Waals surface area (Å²) >= 11 is 6.21. The first-order valence-corrected chi connectivity index (χ1v) is 5.59. The lowest BCUT2D eigenvalue weighted by Gasteiger charge is -1.96. The van der Waals surface area contributed by atoms with Gasteiger partial charge in [-0.15, -0.1) is 0 Å². The molecule has 0 aliphatic carbocycles. The van der Waals surface area contributed by atoms with E-state index in [0.29, 0.717) is 14.8 Å². The molecular weight excluding hydrogens is 346 g/mol. The third-order valence-corrected chi connectivity index (χ3v) is 2.52. The molecule has 0 N–H and O–H groups in total. The summed E-state index contributed by atoms with van der Waals surface area (Å²) in [5, 5.41) is 14.2. The Balaban J connectivity index is 2.53. The predicted octanol–water partition coefficient (Wildman–Crippen LogP) is 3.17. The fourth-order valence-corrected chi connectivity index (χ4v) is 1.84. The third kappa shape index (κ3) is 2.27. The van der Waals surface area contributed by atoms with Gasteiger partial charge in [0.25, 0.3) is 11.6 Å². The fourth-order valence-electron chi connectivity index (χ4n) is 1.13. The van der Waals surface area contributed by atoms with E-state index in [1.54, 1.807) is 6.07 Å². The van der Waals surface area contributed by atoms with Gasteiger partial charge >= 0.3 is 0 Å². The number of hydrogen-bond acceptors (Lipinski definition) is 5. The van der Waals surface area contributed by atoms with Crippen LogP contribution in [0.5, 0.6) is 0 Å². The van der Waals surface area contributed by atoms with Crippen LogP contribution < -0.4 is 0 Å². The van der Waals surface area contributed by atoms with Crippen LogP contribution in [-0.4, -0.2) is 15.1 Å². The Hall–Kier alpha value is -1.28. The standard InChI is InChI=1S/C8H3Br2N3O3/c9-5-1-4(2-6(3-5)13(14)15)7-11-8(10)12-16-7/h1-3H. The van der Waals surface area contributed by atoms with Crippen molar-refractivity contribution in [2.75, 3.05) is 0 Å². The Labute approximate surface area is 106 Å². The summed E-state index contributed by atoms with van der Waals surface area (Å²) in [6.45, 7) is 0. The molecule has 1 heterocycles. The van der Waals surface area contributed by atoms with Crippen LogP contribution in [0.1, 0.15) is 0 Å². The molecule has 0 bridgehead atoms. The van der Waals surface area contributed by atoms with Crippen LogP contribution in [0.2, 0.25) is 0 Å². The number of non-ortho nitro benzene ring substituents is 1. The first-order chi connectivity index (χ1) is 7.56. The van der Waals surface area contributed by atoms with E-state index in [0.717, 1.165) is 0 Å². The van der Waals surface area contributed by atoms with Crippen molar-refractivity contribution < 1.29 is 9.45 Å². The Morgan fingerprint density at radius 2 is 2.06 bits per heavy atom. The Kier molecular flexibility index (Phi) is 3.01. The quantitative estimate of drug-likeness (QED) is 0.615. The van der Waals surface area contributed by atoms with Crippen LogP contribution in [0.15, 0.2) is 31.9 Å². The van der Waals surface area contributed by atoms with Crippen molar-refractivity contribution >= 4 is 37.5 Å². The summed E-state index contributed by atoms with van der Waals surface area (Å²) in [5.74, 6) is 0.219. The minimum atomic E-state index is -0.486. The molecule has 8 heteroatoms. The number of nitro groups is 1. The molecule has 0 aliphatic rings. The number of halogens is 2. The predicted molar refractivity (Wildman–Crippen MR) is 61.8 cm³/mol. The van der Waals surface area contributed by atoms with E-state index in [2.05, 4.69) is 42.0 Å². The summed E-state index contributed by atoms with van der Waals surface area (Å²) in [6, 6.07) is 4.42. The van der Waals surface area contributed by atoms with Crippen LogP contribution in [0.25, 0.3) is 11.5 Å². The first kappa shape index (κ1) is 11.2. The molecule has 0 saturated heterocycles. The zero-order valence-electron chi connectivity index (χ0n) is 7.55. The van der Waals surface area contributed by atoms with Crippen LogP contribution >= 0.6 is 31.9 Å². The van der Waals surface area contributed by atoms with Gasteiger partial charge in [-0.05, 0) is 27.2 Å². The highest BCUT2D eigenvalue weighted by Crippen LogP contribution is 2.28. The van der Waals surface area contributed by atoms with Crippen molar-refractivity contribution in [3.8, 4) is 11.5 Å². The van der Waals surface area contributed by atoms with E-state index in [1.165, 1.54) is 12.1 Å².